The molecule has 1 aliphatic carbocycles. The van der Waals surface area contributed by atoms with Gasteiger partial charge < -0.3 is 10.1 Å². The number of carbonyl (C=O) groups excluding carboxylic acids is 2. The Kier molecular flexibility index (Phi) is 6.25. The summed E-state index contributed by atoms with van der Waals surface area (Å²) in [7, 11) is 0. The van der Waals surface area contributed by atoms with E-state index in [1.807, 2.05) is 0 Å². The van der Waals surface area contributed by atoms with Crippen LogP contribution in [0.4, 0.5) is 0 Å². The summed E-state index contributed by atoms with van der Waals surface area (Å²) < 4.78 is 5.15. The van der Waals surface area contributed by atoms with Crippen molar-refractivity contribution in [2.24, 2.45) is 5.92 Å². The number of amides is 1. The van der Waals surface area contributed by atoms with E-state index >= 15 is 0 Å². The molecule has 0 aromatic carbocycles. The zero-order valence-electron chi connectivity index (χ0n) is 13.1. The molecule has 5 nitrogen and oxygen atoms in total. The number of halogens is 2. The first kappa shape index (κ1) is 18.0. The lowest BCUT2D eigenvalue weighted by atomic mass is 9.86. The van der Waals surface area contributed by atoms with Crippen LogP contribution in [0.3, 0.4) is 0 Å². The number of aromatic nitrogens is 1. The predicted octanol–water partition coefficient (Wildman–Crippen LogP) is 3.63. The first-order valence-electron chi connectivity index (χ1n) is 7.72. The molecule has 0 radical (unpaired) electrons. The number of hydrogen-bond donors (Lipinski definition) is 1. The minimum atomic E-state index is -0.923. The number of ether oxygens (including phenoxy) is 1. The average Bonchev–Trinajstić information content (AvgIpc) is 2.51. The van der Waals surface area contributed by atoms with Crippen LogP contribution in [-0.2, 0) is 9.53 Å². The molecule has 1 fully saturated rings. The van der Waals surface area contributed by atoms with Gasteiger partial charge in [-0.15, -0.1) is 0 Å². The summed E-state index contributed by atoms with van der Waals surface area (Å²) in [6.45, 7) is 3.65. The Morgan fingerprint density at radius 2 is 2.00 bits per heavy atom. The van der Waals surface area contributed by atoms with Crippen molar-refractivity contribution in [3.63, 3.8) is 0 Å². The molecule has 1 aliphatic rings. The molecule has 0 bridgehead atoms. The molecule has 0 unspecified atom stereocenters. The summed E-state index contributed by atoms with van der Waals surface area (Å²) in [4.78, 5) is 28.1. The number of carbonyl (C=O) groups is 2. The highest BCUT2D eigenvalue weighted by Crippen LogP contribution is 2.24. The number of nitrogens with zero attached hydrogens (tertiary/aromatic N) is 1. The lowest BCUT2D eigenvalue weighted by Gasteiger charge is -2.30. The van der Waals surface area contributed by atoms with E-state index in [9.17, 15) is 9.59 Å². The molecular formula is C16H20Cl2N2O3. The molecule has 0 saturated heterocycles. The van der Waals surface area contributed by atoms with Crippen LogP contribution in [0.25, 0.3) is 0 Å². The van der Waals surface area contributed by atoms with Crippen LogP contribution in [0.2, 0.25) is 10.2 Å². The smallest absolute Gasteiger partial charge is 0.359 e. The highest BCUT2D eigenvalue weighted by molar-refractivity contribution is 6.34. The van der Waals surface area contributed by atoms with Crippen LogP contribution in [0, 0.1) is 5.92 Å². The van der Waals surface area contributed by atoms with E-state index in [0.29, 0.717) is 5.92 Å². The Balaban J connectivity index is 1.94. The Morgan fingerprint density at radius 1 is 1.30 bits per heavy atom. The molecule has 1 amide bonds. The van der Waals surface area contributed by atoms with Crippen molar-refractivity contribution in [1.82, 2.24) is 10.3 Å². The van der Waals surface area contributed by atoms with Crippen molar-refractivity contribution in [3.8, 4) is 0 Å². The topological polar surface area (TPSA) is 68.3 Å². The van der Waals surface area contributed by atoms with Crippen LogP contribution >= 0.6 is 23.2 Å². The van der Waals surface area contributed by atoms with E-state index in [2.05, 4.69) is 17.2 Å². The van der Waals surface area contributed by atoms with Gasteiger partial charge in [0.2, 0.25) is 0 Å². The number of hydrogen-bond acceptors (Lipinski definition) is 4. The second kappa shape index (κ2) is 7.97. The van der Waals surface area contributed by atoms with Gasteiger partial charge in [-0.05, 0) is 37.8 Å². The fraction of sp³-hybridized carbons (Fsp3) is 0.562. The van der Waals surface area contributed by atoms with Gasteiger partial charge in [0.15, 0.2) is 11.8 Å². The lowest BCUT2D eigenvalue weighted by Crippen LogP contribution is -2.46. The molecule has 126 valence electrons. The van der Waals surface area contributed by atoms with Crippen molar-refractivity contribution in [2.45, 2.75) is 51.7 Å². The maximum absolute atomic E-state index is 12.2. The van der Waals surface area contributed by atoms with E-state index < -0.39 is 12.1 Å². The first-order valence-corrected chi connectivity index (χ1v) is 8.47. The molecule has 7 heteroatoms. The molecule has 1 aromatic heterocycles. The zero-order chi connectivity index (χ0) is 17.0. The maximum atomic E-state index is 12.2. The van der Waals surface area contributed by atoms with Crippen LogP contribution in [0.5, 0.6) is 0 Å². The molecule has 3 atom stereocenters. The molecule has 0 aliphatic heterocycles. The van der Waals surface area contributed by atoms with Gasteiger partial charge in [-0.3, -0.25) is 4.79 Å². The fourth-order valence-electron chi connectivity index (χ4n) is 2.66. The first-order chi connectivity index (χ1) is 10.9. The minimum absolute atomic E-state index is 0.0927. The third-order valence-corrected chi connectivity index (χ3v) is 4.61. The molecule has 1 saturated carbocycles. The van der Waals surface area contributed by atoms with Crippen molar-refractivity contribution < 1.29 is 14.3 Å². The van der Waals surface area contributed by atoms with E-state index in [0.717, 1.165) is 19.3 Å². The molecule has 1 N–H and O–H groups in total. The Morgan fingerprint density at radius 3 is 2.70 bits per heavy atom. The van der Waals surface area contributed by atoms with E-state index in [4.69, 9.17) is 27.9 Å². The van der Waals surface area contributed by atoms with Gasteiger partial charge in [0.1, 0.15) is 5.15 Å². The molecule has 1 aromatic rings. The Labute approximate surface area is 145 Å². The van der Waals surface area contributed by atoms with E-state index in [1.54, 1.807) is 0 Å². The maximum Gasteiger partial charge on any atom is 0.359 e. The molecule has 23 heavy (non-hydrogen) atoms. The Hall–Kier alpha value is -1.33. The summed E-state index contributed by atoms with van der Waals surface area (Å²) in [5.41, 5.74) is -0.0927. The number of pyridine rings is 1. The van der Waals surface area contributed by atoms with Gasteiger partial charge >= 0.3 is 5.97 Å². The molecule has 0 spiro atoms. The van der Waals surface area contributed by atoms with Gasteiger partial charge in [0.05, 0.1) is 5.02 Å². The predicted molar refractivity (Wildman–Crippen MR) is 88.7 cm³/mol. The number of nitrogens with one attached hydrogen (secondary N) is 1. The van der Waals surface area contributed by atoms with E-state index in [1.165, 1.54) is 25.5 Å². The van der Waals surface area contributed by atoms with Gasteiger partial charge in [0.25, 0.3) is 5.91 Å². The second-order valence-electron chi connectivity index (χ2n) is 5.89. The largest absolute Gasteiger partial charge is 0.448 e. The van der Waals surface area contributed by atoms with Crippen LogP contribution < -0.4 is 5.32 Å². The van der Waals surface area contributed by atoms with Crippen LogP contribution in [-0.4, -0.2) is 29.0 Å². The van der Waals surface area contributed by atoms with Crippen LogP contribution in [0.15, 0.2) is 12.1 Å². The summed E-state index contributed by atoms with van der Waals surface area (Å²) in [5, 5.41) is 3.22. The normalized spacial score (nSPS) is 22.3. The molecular weight excluding hydrogens is 339 g/mol. The number of esters is 1. The SMILES string of the molecule is C[C@@H](OC(=O)c1nc(Cl)ccc1Cl)C(=O)N[C@@H]1CCCC[C@@H]1C. The molecule has 2 rings (SSSR count). The van der Waals surface area contributed by atoms with Crippen LogP contribution in [0.1, 0.15) is 50.0 Å². The highest BCUT2D eigenvalue weighted by Gasteiger charge is 2.27. The summed E-state index contributed by atoms with van der Waals surface area (Å²) in [6.07, 6.45) is 3.42. The van der Waals surface area contributed by atoms with Crippen molar-refractivity contribution in [2.75, 3.05) is 0 Å². The summed E-state index contributed by atoms with van der Waals surface area (Å²) in [5.74, 6) is -0.647. The number of rotatable bonds is 4. The van der Waals surface area contributed by atoms with Crippen molar-refractivity contribution in [3.05, 3.63) is 28.0 Å². The fourth-order valence-corrected chi connectivity index (χ4v) is 2.99. The van der Waals surface area contributed by atoms with Gasteiger partial charge in [-0.2, -0.15) is 0 Å². The minimum Gasteiger partial charge on any atom is -0.448 e. The zero-order valence-corrected chi connectivity index (χ0v) is 14.7. The van der Waals surface area contributed by atoms with Crippen molar-refractivity contribution in [1.29, 1.82) is 0 Å². The van der Waals surface area contributed by atoms with E-state index in [-0.39, 0.29) is 27.8 Å². The average molecular weight is 359 g/mol. The third-order valence-electron chi connectivity index (χ3n) is 4.10. The summed E-state index contributed by atoms with van der Waals surface area (Å²) >= 11 is 11.7. The third kappa shape index (κ3) is 4.82. The van der Waals surface area contributed by atoms with Gasteiger partial charge in [-0.25, -0.2) is 9.78 Å². The molecule has 1 heterocycles. The quantitative estimate of drug-likeness (QED) is 0.659. The monoisotopic (exact) mass is 358 g/mol. The standard InChI is InChI=1S/C16H20Cl2N2O3/c1-9-5-3-4-6-12(9)19-15(21)10(2)23-16(22)14-11(17)7-8-13(18)20-14/h7-10,12H,3-6H2,1-2H3,(H,19,21)/t9-,10+,12+/m0/s1. The highest BCUT2D eigenvalue weighted by atomic mass is 35.5. The Bertz CT molecular complexity index is 595. The summed E-state index contributed by atoms with van der Waals surface area (Å²) in [6, 6.07) is 3.06. The van der Waals surface area contributed by atoms with Gasteiger partial charge in [-0.1, -0.05) is 43.0 Å². The second-order valence-corrected chi connectivity index (χ2v) is 6.68. The lowest BCUT2D eigenvalue weighted by molar-refractivity contribution is -0.130. The van der Waals surface area contributed by atoms with Gasteiger partial charge in [0, 0.05) is 6.04 Å². The van der Waals surface area contributed by atoms with Crippen molar-refractivity contribution >= 4 is 35.1 Å².